The molecule has 0 atom stereocenters. The number of nitrogens with zero attached hydrogens (tertiary/aromatic N) is 2. The molecule has 23 heavy (non-hydrogen) atoms. The average molecular weight is 325 g/mol. The maximum atomic E-state index is 13.7. The van der Waals surface area contributed by atoms with Crippen LogP contribution in [0.4, 0.5) is 13.6 Å². The standard InChI is InChI=1S/C16H21F2N3O2/c1-16(2,3)23-15(22)21-8-6-20(7-9-21)14(19)12-10-11(17)4-5-13(12)18/h4-5,10,19H,6-9H2,1-3H3. The third kappa shape index (κ3) is 4.40. The predicted molar refractivity (Wildman–Crippen MR) is 82.6 cm³/mol. The van der Waals surface area contributed by atoms with Crippen LogP contribution in [-0.2, 0) is 4.74 Å². The summed E-state index contributed by atoms with van der Waals surface area (Å²) in [5.74, 6) is -1.30. The Morgan fingerprint density at radius 3 is 2.26 bits per heavy atom. The van der Waals surface area contributed by atoms with Gasteiger partial charge in [-0.1, -0.05) is 0 Å². The largest absolute Gasteiger partial charge is 0.444 e. The number of carbonyl (C=O) groups excluding carboxylic acids is 1. The van der Waals surface area contributed by atoms with E-state index in [2.05, 4.69) is 0 Å². The molecule has 7 heteroatoms. The lowest BCUT2D eigenvalue weighted by atomic mass is 10.1. The molecule has 0 unspecified atom stereocenters. The SMILES string of the molecule is CC(C)(C)OC(=O)N1CCN(C(=N)c2cc(F)ccc2F)CC1. The van der Waals surface area contributed by atoms with Gasteiger partial charge in [-0.2, -0.15) is 0 Å². The zero-order valence-corrected chi connectivity index (χ0v) is 13.5. The summed E-state index contributed by atoms with van der Waals surface area (Å²) in [6.45, 7) is 6.86. The van der Waals surface area contributed by atoms with Gasteiger partial charge in [0.05, 0.1) is 5.56 Å². The third-order valence-corrected chi connectivity index (χ3v) is 3.43. The second-order valence-electron chi connectivity index (χ2n) is 6.43. The van der Waals surface area contributed by atoms with Crippen LogP contribution in [-0.4, -0.2) is 53.5 Å². The number of amidine groups is 1. The summed E-state index contributed by atoms with van der Waals surface area (Å²) in [6.07, 6.45) is -0.402. The fraction of sp³-hybridized carbons (Fsp3) is 0.500. The first-order valence-electron chi connectivity index (χ1n) is 7.44. The Balaban J connectivity index is 1.97. The van der Waals surface area contributed by atoms with Crippen molar-refractivity contribution in [3.05, 3.63) is 35.4 Å². The van der Waals surface area contributed by atoms with Crippen molar-refractivity contribution in [1.29, 1.82) is 5.41 Å². The number of nitrogens with one attached hydrogen (secondary N) is 1. The maximum Gasteiger partial charge on any atom is 0.410 e. The molecule has 5 nitrogen and oxygen atoms in total. The quantitative estimate of drug-likeness (QED) is 0.638. The number of carbonyl (C=O) groups is 1. The Labute approximate surface area is 134 Å². The van der Waals surface area contributed by atoms with Crippen LogP contribution in [0.2, 0.25) is 0 Å². The summed E-state index contributed by atoms with van der Waals surface area (Å²) >= 11 is 0. The second-order valence-corrected chi connectivity index (χ2v) is 6.43. The van der Waals surface area contributed by atoms with E-state index in [1.54, 1.807) is 30.6 Å². The Kier molecular flexibility index (Phi) is 4.87. The summed E-state index contributed by atoms with van der Waals surface area (Å²) in [7, 11) is 0. The lowest BCUT2D eigenvalue weighted by Gasteiger charge is -2.36. The number of ether oxygens (including phenoxy) is 1. The molecule has 0 saturated carbocycles. The monoisotopic (exact) mass is 325 g/mol. The first-order valence-corrected chi connectivity index (χ1v) is 7.44. The lowest BCUT2D eigenvalue weighted by molar-refractivity contribution is 0.0187. The van der Waals surface area contributed by atoms with Gasteiger partial charge in [0, 0.05) is 26.2 Å². The van der Waals surface area contributed by atoms with Crippen molar-refractivity contribution in [2.24, 2.45) is 0 Å². The van der Waals surface area contributed by atoms with E-state index in [4.69, 9.17) is 10.1 Å². The zero-order valence-electron chi connectivity index (χ0n) is 13.5. The zero-order chi connectivity index (χ0) is 17.2. The van der Waals surface area contributed by atoms with Gasteiger partial charge in [0.2, 0.25) is 0 Å². The highest BCUT2D eigenvalue weighted by molar-refractivity contribution is 5.96. The normalized spacial score (nSPS) is 15.5. The van der Waals surface area contributed by atoms with Crippen molar-refractivity contribution in [1.82, 2.24) is 9.80 Å². The van der Waals surface area contributed by atoms with E-state index in [1.165, 1.54) is 0 Å². The van der Waals surface area contributed by atoms with Crippen molar-refractivity contribution in [3.63, 3.8) is 0 Å². The molecular formula is C16H21F2N3O2. The highest BCUT2D eigenvalue weighted by Crippen LogP contribution is 2.16. The van der Waals surface area contributed by atoms with Gasteiger partial charge in [-0.15, -0.1) is 0 Å². The van der Waals surface area contributed by atoms with E-state index in [0.29, 0.717) is 26.2 Å². The van der Waals surface area contributed by atoms with Gasteiger partial charge in [-0.25, -0.2) is 13.6 Å². The topological polar surface area (TPSA) is 56.6 Å². The minimum atomic E-state index is -0.633. The molecule has 0 aliphatic carbocycles. The lowest BCUT2D eigenvalue weighted by Crippen LogP contribution is -2.51. The van der Waals surface area contributed by atoms with Crippen LogP contribution in [0.25, 0.3) is 0 Å². The Bertz CT molecular complexity index is 606. The van der Waals surface area contributed by atoms with Crippen molar-refractivity contribution in [2.45, 2.75) is 26.4 Å². The molecular weight excluding hydrogens is 304 g/mol. The molecule has 0 bridgehead atoms. The van der Waals surface area contributed by atoms with Gasteiger partial charge >= 0.3 is 6.09 Å². The smallest absolute Gasteiger partial charge is 0.410 e. The van der Waals surface area contributed by atoms with Crippen LogP contribution in [0, 0.1) is 17.0 Å². The molecule has 1 fully saturated rings. The number of amides is 1. The van der Waals surface area contributed by atoms with Crippen molar-refractivity contribution in [3.8, 4) is 0 Å². The molecule has 0 aromatic heterocycles. The van der Waals surface area contributed by atoms with E-state index in [1.807, 2.05) is 0 Å². The average Bonchev–Trinajstić information content (AvgIpc) is 2.47. The second kappa shape index (κ2) is 6.52. The van der Waals surface area contributed by atoms with Gasteiger partial charge in [-0.05, 0) is 39.0 Å². The van der Waals surface area contributed by atoms with E-state index >= 15 is 0 Å². The minimum absolute atomic E-state index is 0.0734. The van der Waals surface area contributed by atoms with Crippen LogP contribution in [0.15, 0.2) is 18.2 Å². The molecule has 1 aromatic carbocycles. The molecule has 1 aliphatic rings. The molecule has 0 spiro atoms. The fourth-order valence-corrected chi connectivity index (χ4v) is 2.29. The summed E-state index contributed by atoms with van der Waals surface area (Å²) in [4.78, 5) is 15.2. The Hall–Kier alpha value is -2.18. The van der Waals surface area contributed by atoms with Crippen LogP contribution >= 0.6 is 0 Å². The van der Waals surface area contributed by atoms with E-state index in [-0.39, 0.29) is 11.4 Å². The predicted octanol–water partition coefficient (Wildman–Crippen LogP) is 2.84. The van der Waals surface area contributed by atoms with Crippen LogP contribution in [0.3, 0.4) is 0 Å². The molecule has 1 heterocycles. The first-order chi connectivity index (χ1) is 10.7. The third-order valence-electron chi connectivity index (χ3n) is 3.43. The number of halogens is 2. The van der Waals surface area contributed by atoms with Crippen LogP contribution < -0.4 is 0 Å². The summed E-state index contributed by atoms with van der Waals surface area (Å²) < 4.78 is 32.3. The minimum Gasteiger partial charge on any atom is -0.444 e. The maximum absolute atomic E-state index is 13.7. The molecule has 1 amide bonds. The van der Waals surface area contributed by atoms with Gasteiger partial charge < -0.3 is 14.5 Å². The van der Waals surface area contributed by atoms with Crippen molar-refractivity contribution < 1.29 is 18.3 Å². The summed E-state index contributed by atoms with van der Waals surface area (Å²) in [5, 5.41) is 8.06. The number of benzene rings is 1. The number of hydrogen-bond acceptors (Lipinski definition) is 3. The summed E-state index contributed by atoms with van der Waals surface area (Å²) in [5.41, 5.74) is -0.637. The van der Waals surface area contributed by atoms with Gasteiger partial charge in [-0.3, -0.25) is 5.41 Å². The summed E-state index contributed by atoms with van der Waals surface area (Å²) in [6, 6.07) is 3.04. The number of hydrogen-bond donors (Lipinski definition) is 1. The molecule has 1 saturated heterocycles. The molecule has 1 aromatic rings. The Morgan fingerprint density at radius 2 is 1.70 bits per heavy atom. The van der Waals surface area contributed by atoms with E-state index in [0.717, 1.165) is 18.2 Å². The van der Waals surface area contributed by atoms with Crippen LogP contribution in [0.5, 0.6) is 0 Å². The first kappa shape index (κ1) is 17.2. The fourth-order valence-electron chi connectivity index (χ4n) is 2.29. The Morgan fingerprint density at radius 1 is 1.13 bits per heavy atom. The highest BCUT2D eigenvalue weighted by Gasteiger charge is 2.27. The molecule has 126 valence electrons. The highest BCUT2D eigenvalue weighted by atomic mass is 19.1. The van der Waals surface area contributed by atoms with E-state index in [9.17, 15) is 13.6 Å². The van der Waals surface area contributed by atoms with Gasteiger partial charge in [0.25, 0.3) is 0 Å². The van der Waals surface area contributed by atoms with Gasteiger partial charge in [0.1, 0.15) is 23.1 Å². The van der Waals surface area contributed by atoms with Crippen LogP contribution in [0.1, 0.15) is 26.3 Å². The molecule has 1 N–H and O–H groups in total. The van der Waals surface area contributed by atoms with Crippen molar-refractivity contribution in [2.75, 3.05) is 26.2 Å². The number of piperazine rings is 1. The molecule has 2 rings (SSSR count). The molecule has 0 radical (unpaired) electrons. The van der Waals surface area contributed by atoms with E-state index < -0.39 is 23.3 Å². The van der Waals surface area contributed by atoms with Gasteiger partial charge in [0.15, 0.2) is 0 Å². The number of rotatable bonds is 1. The molecule has 1 aliphatic heterocycles. The van der Waals surface area contributed by atoms with Crippen molar-refractivity contribution >= 4 is 11.9 Å².